The molecule has 0 aliphatic heterocycles. The highest BCUT2D eigenvalue weighted by Gasteiger charge is 2.25. The average molecular weight is 521 g/mol. The molecule has 0 saturated heterocycles. The van der Waals surface area contributed by atoms with E-state index in [1.807, 2.05) is 54.1 Å². The minimum Gasteiger partial charge on any atom is -0.383 e. The molecule has 0 unspecified atom stereocenters. The number of amides is 2. The van der Waals surface area contributed by atoms with Crippen molar-refractivity contribution in [1.82, 2.24) is 30.0 Å². The second kappa shape index (κ2) is 9.39. The number of benzene rings is 2. The minimum atomic E-state index is -0.232. The molecule has 0 bridgehead atoms. The summed E-state index contributed by atoms with van der Waals surface area (Å²) in [5.74, 6) is 0.541. The maximum absolute atomic E-state index is 12.7. The van der Waals surface area contributed by atoms with Crippen LogP contribution in [0.2, 0.25) is 0 Å². The zero-order valence-corrected chi connectivity index (χ0v) is 21.7. The molecule has 10 nitrogen and oxygen atoms in total. The van der Waals surface area contributed by atoms with Gasteiger partial charge in [-0.25, -0.2) is 9.97 Å². The lowest BCUT2D eigenvalue weighted by atomic mass is 9.97. The quantitative estimate of drug-likeness (QED) is 0.234. The fraction of sp³-hybridized carbons (Fsp3) is 0.207. The molecule has 5 N–H and O–H groups in total. The maximum Gasteiger partial charge on any atom is 0.272 e. The molecule has 39 heavy (non-hydrogen) atoms. The molecule has 6 rings (SSSR count). The molecule has 10 heteroatoms. The number of carbonyl (C=O) groups excluding carboxylic acids is 2. The highest BCUT2D eigenvalue weighted by atomic mass is 16.2. The number of rotatable bonds is 7. The van der Waals surface area contributed by atoms with Gasteiger partial charge in [-0.05, 0) is 61.1 Å². The van der Waals surface area contributed by atoms with Crippen LogP contribution in [0.1, 0.15) is 30.3 Å². The van der Waals surface area contributed by atoms with Crippen molar-refractivity contribution in [2.45, 2.75) is 19.8 Å². The summed E-state index contributed by atoms with van der Waals surface area (Å²) in [5.41, 5.74) is 12.8. The number of nitrogens with zero attached hydrogens (tertiary/aromatic N) is 4. The van der Waals surface area contributed by atoms with Crippen molar-refractivity contribution < 1.29 is 9.59 Å². The lowest BCUT2D eigenvalue weighted by Crippen LogP contribution is -2.26. The number of carbonyl (C=O) groups is 2. The number of fused-ring (bicyclic) bond motifs is 2. The van der Waals surface area contributed by atoms with E-state index in [1.165, 1.54) is 6.33 Å². The molecule has 0 spiro atoms. The van der Waals surface area contributed by atoms with Crippen LogP contribution >= 0.6 is 0 Å². The van der Waals surface area contributed by atoms with E-state index in [-0.39, 0.29) is 11.8 Å². The molecule has 1 saturated carbocycles. The Hall–Kier alpha value is -4.99. The molecule has 3 heterocycles. The largest absolute Gasteiger partial charge is 0.383 e. The number of hydrogen-bond acceptors (Lipinski definition) is 6. The second-order valence-electron chi connectivity index (χ2n) is 10.0. The van der Waals surface area contributed by atoms with Crippen LogP contribution in [-0.2, 0) is 11.8 Å². The summed E-state index contributed by atoms with van der Waals surface area (Å²) in [6.07, 6.45) is 3.78. The first-order valence-corrected chi connectivity index (χ1v) is 12.7. The van der Waals surface area contributed by atoms with Gasteiger partial charge in [0.2, 0.25) is 0 Å². The van der Waals surface area contributed by atoms with Gasteiger partial charge >= 0.3 is 0 Å². The van der Waals surface area contributed by atoms with Gasteiger partial charge < -0.3 is 20.9 Å². The Bertz CT molecular complexity index is 1780. The second-order valence-corrected chi connectivity index (χ2v) is 10.0. The molecule has 2 amide bonds. The minimum absolute atomic E-state index is 0.178. The van der Waals surface area contributed by atoms with Crippen LogP contribution in [0.4, 0.5) is 11.5 Å². The first-order valence-electron chi connectivity index (χ1n) is 12.7. The molecule has 3 aromatic heterocycles. The highest BCUT2D eigenvalue weighted by molar-refractivity contribution is 6.10. The van der Waals surface area contributed by atoms with Crippen LogP contribution in [0.5, 0.6) is 0 Å². The van der Waals surface area contributed by atoms with E-state index in [0.29, 0.717) is 40.9 Å². The predicted octanol–water partition coefficient (Wildman–Crippen LogP) is 4.42. The normalized spacial score (nSPS) is 13.1. The summed E-state index contributed by atoms with van der Waals surface area (Å²) in [6.45, 7) is 6.03. The van der Waals surface area contributed by atoms with Crippen molar-refractivity contribution in [2.24, 2.45) is 13.0 Å². The standard InChI is InChI=1S/C29H28N8O2/c1-15(2)28(38)34-19-9-6-17(7-10-19)25-22(23-26(30)32-14-33-27(23)37(25)3)18-8-11-20-21(12-18)35-36-24(20)29(39)31-13-16-4-5-16/h6-12,14,16H,1,4-5,13H2,2-3H3,(H,31,39)(H,34,38)(H,35,36)(H2,30,32,33). The third-order valence-corrected chi connectivity index (χ3v) is 7.12. The number of H-pyrrole nitrogens is 1. The van der Waals surface area contributed by atoms with Gasteiger partial charge in [-0.2, -0.15) is 5.10 Å². The Kier molecular flexibility index (Phi) is 5.86. The van der Waals surface area contributed by atoms with E-state index in [1.54, 1.807) is 6.92 Å². The van der Waals surface area contributed by atoms with E-state index in [0.717, 1.165) is 51.5 Å². The Morgan fingerprint density at radius 2 is 1.87 bits per heavy atom. The summed E-state index contributed by atoms with van der Waals surface area (Å²) in [5, 5.41) is 14.6. The fourth-order valence-corrected chi connectivity index (χ4v) is 4.83. The van der Waals surface area contributed by atoms with Gasteiger partial charge in [0.25, 0.3) is 11.8 Å². The number of nitrogen functional groups attached to an aromatic ring is 1. The lowest BCUT2D eigenvalue weighted by molar-refractivity contribution is -0.112. The lowest BCUT2D eigenvalue weighted by Gasteiger charge is -2.11. The molecule has 1 aliphatic rings. The summed E-state index contributed by atoms with van der Waals surface area (Å²) >= 11 is 0. The average Bonchev–Trinajstić information content (AvgIpc) is 3.59. The predicted molar refractivity (Wildman–Crippen MR) is 152 cm³/mol. The zero-order chi connectivity index (χ0) is 27.3. The van der Waals surface area contributed by atoms with Gasteiger partial charge in [-0.1, -0.05) is 24.8 Å². The first kappa shape index (κ1) is 24.4. The van der Waals surface area contributed by atoms with Gasteiger partial charge in [0.15, 0.2) is 5.69 Å². The molecule has 2 aromatic carbocycles. The van der Waals surface area contributed by atoms with Crippen molar-refractivity contribution in [3.63, 3.8) is 0 Å². The molecule has 0 radical (unpaired) electrons. The number of aryl methyl sites for hydroxylation is 1. The van der Waals surface area contributed by atoms with E-state index >= 15 is 0 Å². The van der Waals surface area contributed by atoms with E-state index < -0.39 is 0 Å². The monoisotopic (exact) mass is 520 g/mol. The molecule has 0 atom stereocenters. The fourth-order valence-electron chi connectivity index (χ4n) is 4.83. The van der Waals surface area contributed by atoms with Crippen molar-refractivity contribution in [1.29, 1.82) is 0 Å². The Labute approximate surface area is 224 Å². The van der Waals surface area contributed by atoms with Crippen LogP contribution in [0.3, 0.4) is 0 Å². The zero-order valence-electron chi connectivity index (χ0n) is 21.7. The number of nitrogens with two attached hydrogens (primary N) is 1. The maximum atomic E-state index is 12.7. The van der Waals surface area contributed by atoms with Crippen molar-refractivity contribution in [3.05, 3.63) is 66.6 Å². The Balaban J connectivity index is 1.44. The smallest absolute Gasteiger partial charge is 0.272 e. The number of aromatic nitrogens is 5. The SMILES string of the molecule is C=C(C)C(=O)Nc1ccc(-c2c(-c3ccc4c(C(=O)NCC5CC5)n[nH]c4c3)c3c(N)ncnc3n2C)cc1. The van der Waals surface area contributed by atoms with Crippen LogP contribution in [0.15, 0.2) is 60.9 Å². The summed E-state index contributed by atoms with van der Waals surface area (Å²) < 4.78 is 1.98. The molecular weight excluding hydrogens is 492 g/mol. The number of nitrogens with one attached hydrogen (secondary N) is 3. The Morgan fingerprint density at radius 1 is 1.13 bits per heavy atom. The van der Waals surface area contributed by atoms with E-state index in [2.05, 4.69) is 37.4 Å². The first-order chi connectivity index (χ1) is 18.8. The molecule has 1 fully saturated rings. The Morgan fingerprint density at radius 3 is 2.59 bits per heavy atom. The van der Waals surface area contributed by atoms with Gasteiger partial charge in [0, 0.05) is 35.8 Å². The summed E-state index contributed by atoms with van der Waals surface area (Å²) in [6, 6.07) is 13.4. The van der Waals surface area contributed by atoms with Crippen LogP contribution < -0.4 is 16.4 Å². The topological polar surface area (TPSA) is 144 Å². The summed E-state index contributed by atoms with van der Waals surface area (Å²) in [4.78, 5) is 33.6. The molecule has 5 aromatic rings. The van der Waals surface area contributed by atoms with Gasteiger partial charge in [0.05, 0.1) is 16.6 Å². The molecule has 196 valence electrons. The van der Waals surface area contributed by atoms with Gasteiger partial charge in [-0.15, -0.1) is 0 Å². The van der Waals surface area contributed by atoms with Crippen LogP contribution in [0, 0.1) is 5.92 Å². The third kappa shape index (κ3) is 4.39. The van der Waals surface area contributed by atoms with E-state index in [9.17, 15) is 9.59 Å². The van der Waals surface area contributed by atoms with Crippen molar-refractivity contribution in [2.75, 3.05) is 17.6 Å². The van der Waals surface area contributed by atoms with Crippen LogP contribution in [-0.4, -0.2) is 43.1 Å². The highest BCUT2D eigenvalue weighted by Crippen LogP contribution is 2.42. The van der Waals surface area contributed by atoms with Gasteiger partial charge in [-0.3, -0.25) is 14.7 Å². The number of hydrogen-bond donors (Lipinski definition) is 4. The van der Waals surface area contributed by atoms with Crippen molar-refractivity contribution in [3.8, 4) is 22.4 Å². The molecular formula is C29H28N8O2. The summed E-state index contributed by atoms with van der Waals surface area (Å²) in [7, 11) is 1.93. The van der Waals surface area contributed by atoms with Crippen molar-refractivity contribution >= 4 is 45.3 Å². The van der Waals surface area contributed by atoms with Crippen LogP contribution in [0.25, 0.3) is 44.3 Å². The number of aromatic amines is 1. The van der Waals surface area contributed by atoms with Gasteiger partial charge in [0.1, 0.15) is 17.8 Å². The van der Waals surface area contributed by atoms with E-state index in [4.69, 9.17) is 5.73 Å². The third-order valence-electron chi connectivity index (χ3n) is 7.12. The number of anilines is 2. The molecule has 1 aliphatic carbocycles.